The quantitative estimate of drug-likeness (QED) is 0.540. The van der Waals surface area contributed by atoms with E-state index in [9.17, 15) is 34.2 Å². The zero-order chi connectivity index (χ0) is 27.9. The predicted molar refractivity (Wildman–Crippen MR) is 136 cm³/mol. The average molecular weight is 515 g/mol. The molecule has 0 aliphatic heterocycles. The van der Waals surface area contributed by atoms with Gasteiger partial charge in [0.05, 0.1) is 17.4 Å². The van der Waals surface area contributed by atoms with Crippen LogP contribution in [0.4, 0.5) is 0 Å². The third-order valence-corrected chi connectivity index (χ3v) is 11.3. The molecular weight excluding hydrogens is 472 g/mol. The molecule has 4 aliphatic carbocycles. The zero-order valence-electron chi connectivity index (χ0n) is 23.3. The normalized spacial score (nSPS) is 40.5. The summed E-state index contributed by atoms with van der Waals surface area (Å²) in [7, 11) is 0. The van der Waals surface area contributed by atoms with Gasteiger partial charge in [0, 0.05) is 48.5 Å². The maximum absolute atomic E-state index is 14.0. The Hall–Kier alpha value is -2.15. The molecule has 7 heteroatoms. The van der Waals surface area contributed by atoms with Crippen LogP contribution in [0.25, 0.3) is 0 Å². The summed E-state index contributed by atoms with van der Waals surface area (Å²) in [4.78, 5) is 64.6. The first-order chi connectivity index (χ1) is 16.9. The van der Waals surface area contributed by atoms with E-state index >= 15 is 0 Å². The van der Waals surface area contributed by atoms with Gasteiger partial charge in [0.1, 0.15) is 17.3 Å². The van der Waals surface area contributed by atoms with E-state index in [0.29, 0.717) is 30.4 Å². The standard InChI is InChI=1S/C30H42O7/c1-15(10-17(31)11-16(2)26(36)37)18-12-23(35)30(7)25-19(32)13-21-27(3,4)22(34)8-9-28(21,5)24(25)20(33)14-29(18,30)6/h15-16,18-19,21,32H,8-14H2,1-7H3,(H,36,37)/t15-,16+,18-,19-,21+,28+,29+,30+/m0/s1. The molecule has 0 radical (unpaired) electrons. The number of allylic oxidation sites excluding steroid dienone is 1. The van der Waals surface area contributed by atoms with Gasteiger partial charge in [0.15, 0.2) is 5.78 Å². The summed E-state index contributed by atoms with van der Waals surface area (Å²) in [5.74, 6) is -2.49. The Labute approximate surface area is 219 Å². The lowest BCUT2D eigenvalue weighted by Gasteiger charge is -2.60. The number of hydrogen-bond donors (Lipinski definition) is 2. The van der Waals surface area contributed by atoms with Gasteiger partial charge >= 0.3 is 5.97 Å². The van der Waals surface area contributed by atoms with E-state index in [-0.39, 0.29) is 66.6 Å². The van der Waals surface area contributed by atoms with Gasteiger partial charge < -0.3 is 10.2 Å². The molecule has 8 atom stereocenters. The van der Waals surface area contributed by atoms with Gasteiger partial charge in [-0.15, -0.1) is 0 Å². The second kappa shape index (κ2) is 8.69. The van der Waals surface area contributed by atoms with Crippen molar-refractivity contribution in [2.24, 2.45) is 45.3 Å². The summed E-state index contributed by atoms with van der Waals surface area (Å²) < 4.78 is 0. The van der Waals surface area contributed by atoms with Crippen LogP contribution in [0.2, 0.25) is 0 Å². The minimum atomic E-state index is -1.04. The molecule has 0 heterocycles. The summed E-state index contributed by atoms with van der Waals surface area (Å²) in [6.45, 7) is 13.1. The van der Waals surface area contributed by atoms with Crippen molar-refractivity contribution in [1.29, 1.82) is 0 Å². The summed E-state index contributed by atoms with van der Waals surface area (Å²) in [6.07, 6.45) is 0.736. The highest BCUT2D eigenvalue weighted by molar-refractivity contribution is 6.05. The molecule has 0 unspecified atom stereocenters. The van der Waals surface area contributed by atoms with Crippen molar-refractivity contribution in [1.82, 2.24) is 0 Å². The van der Waals surface area contributed by atoms with Crippen LogP contribution in [-0.2, 0) is 24.0 Å². The van der Waals surface area contributed by atoms with Gasteiger partial charge in [0.2, 0.25) is 0 Å². The second-order valence-electron chi connectivity index (χ2n) is 13.7. The van der Waals surface area contributed by atoms with Crippen molar-refractivity contribution >= 4 is 29.1 Å². The number of fused-ring (bicyclic) bond motifs is 4. The SMILES string of the molecule is C[C@H](CC(=O)C[C@H](C)[C@@H]1CC(=O)[C@]2(C)C3=C(C(=O)C[C@]12C)[C@]1(C)CCC(=O)C(C)(C)[C@H]1C[C@@H]3O)C(=O)O. The van der Waals surface area contributed by atoms with Crippen LogP contribution in [0.5, 0.6) is 0 Å². The first kappa shape index (κ1) is 27.9. The number of aliphatic carboxylic acids is 1. The highest BCUT2D eigenvalue weighted by Crippen LogP contribution is 2.70. The first-order valence-corrected chi connectivity index (χ1v) is 13.7. The number of hydrogen-bond acceptors (Lipinski definition) is 6. The lowest BCUT2D eigenvalue weighted by molar-refractivity contribution is -0.147. The molecule has 0 aromatic heterocycles. The number of rotatable bonds is 6. The number of aliphatic hydroxyl groups is 1. The number of carbonyl (C=O) groups excluding carboxylic acids is 4. The second-order valence-corrected chi connectivity index (χ2v) is 13.7. The molecule has 4 rings (SSSR count). The fourth-order valence-electron chi connectivity index (χ4n) is 8.93. The Morgan fingerprint density at radius 2 is 1.62 bits per heavy atom. The molecule has 204 valence electrons. The van der Waals surface area contributed by atoms with Crippen molar-refractivity contribution in [2.45, 2.75) is 99.5 Å². The highest BCUT2D eigenvalue weighted by atomic mass is 16.4. The Balaban J connectivity index is 1.75. The molecule has 2 saturated carbocycles. The van der Waals surface area contributed by atoms with E-state index in [1.54, 1.807) is 0 Å². The Bertz CT molecular complexity index is 1110. The summed E-state index contributed by atoms with van der Waals surface area (Å²) in [6, 6.07) is 0. The molecule has 0 spiro atoms. The highest BCUT2D eigenvalue weighted by Gasteiger charge is 2.70. The molecule has 7 nitrogen and oxygen atoms in total. The molecule has 4 aliphatic rings. The average Bonchev–Trinajstić information content (AvgIpc) is 2.99. The molecule has 2 fully saturated rings. The molecule has 0 aromatic carbocycles. The summed E-state index contributed by atoms with van der Waals surface area (Å²) in [5, 5.41) is 20.7. The van der Waals surface area contributed by atoms with Crippen LogP contribution in [-0.4, -0.2) is 45.4 Å². The van der Waals surface area contributed by atoms with Crippen molar-refractivity contribution < 1.29 is 34.2 Å². The van der Waals surface area contributed by atoms with E-state index in [4.69, 9.17) is 0 Å². The minimum absolute atomic E-state index is 0.00884. The Kier molecular flexibility index (Phi) is 6.54. The van der Waals surface area contributed by atoms with Crippen LogP contribution in [0.1, 0.15) is 93.4 Å². The maximum atomic E-state index is 14.0. The zero-order valence-corrected chi connectivity index (χ0v) is 23.3. The van der Waals surface area contributed by atoms with Crippen LogP contribution < -0.4 is 0 Å². The minimum Gasteiger partial charge on any atom is -0.481 e. The third kappa shape index (κ3) is 3.74. The van der Waals surface area contributed by atoms with Gasteiger partial charge in [-0.1, -0.05) is 41.5 Å². The van der Waals surface area contributed by atoms with E-state index < -0.39 is 39.7 Å². The number of Topliss-reactive ketones (excluding diaryl/α,β-unsaturated/α-hetero) is 4. The van der Waals surface area contributed by atoms with Crippen molar-refractivity contribution in [3.63, 3.8) is 0 Å². The molecule has 2 N–H and O–H groups in total. The van der Waals surface area contributed by atoms with Gasteiger partial charge in [-0.05, 0) is 48.5 Å². The largest absolute Gasteiger partial charge is 0.481 e. The molecule has 0 amide bonds. The lowest BCUT2D eigenvalue weighted by Crippen LogP contribution is -2.60. The van der Waals surface area contributed by atoms with Crippen molar-refractivity contribution in [3.8, 4) is 0 Å². The fourth-order valence-corrected chi connectivity index (χ4v) is 8.93. The summed E-state index contributed by atoms with van der Waals surface area (Å²) >= 11 is 0. The Morgan fingerprint density at radius 1 is 1.00 bits per heavy atom. The smallest absolute Gasteiger partial charge is 0.306 e. The number of aliphatic hydroxyl groups excluding tert-OH is 1. The first-order valence-electron chi connectivity index (χ1n) is 13.7. The maximum Gasteiger partial charge on any atom is 0.306 e. The van der Waals surface area contributed by atoms with Gasteiger partial charge in [-0.3, -0.25) is 24.0 Å². The monoisotopic (exact) mass is 514 g/mol. The molecule has 0 bridgehead atoms. The van der Waals surface area contributed by atoms with Gasteiger partial charge in [-0.25, -0.2) is 0 Å². The fraction of sp³-hybridized carbons (Fsp3) is 0.767. The van der Waals surface area contributed by atoms with E-state index in [0.717, 1.165) is 0 Å². The van der Waals surface area contributed by atoms with Gasteiger partial charge in [-0.2, -0.15) is 0 Å². The molecule has 37 heavy (non-hydrogen) atoms. The van der Waals surface area contributed by atoms with Crippen LogP contribution in [0, 0.1) is 45.3 Å². The Morgan fingerprint density at radius 3 is 2.22 bits per heavy atom. The topological polar surface area (TPSA) is 126 Å². The summed E-state index contributed by atoms with van der Waals surface area (Å²) in [5.41, 5.74) is -1.92. The van der Waals surface area contributed by atoms with Crippen LogP contribution in [0.3, 0.4) is 0 Å². The van der Waals surface area contributed by atoms with E-state index in [1.807, 2.05) is 41.5 Å². The molecule has 0 aromatic rings. The van der Waals surface area contributed by atoms with E-state index in [2.05, 4.69) is 0 Å². The molecule has 0 saturated heterocycles. The van der Waals surface area contributed by atoms with Crippen LogP contribution >= 0.6 is 0 Å². The van der Waals surface area contributed by atoms with Crippen molar-refractivity contribution in [2.75, 3.05) is 0 Å². The van der Waals surface area contributed by atoms with Crippen LogP contribution in [0.15, 0.2) is 11.1 Å². The number of carboxylic acids is 1. The predicted octanol–water partition coefficient (Wildman–Crippen LogP) is 4.34. The van der Waals surface area contributed by atoms with Crippen molar-refractivity contribution in [3.05, 3.63) is 11.1 Å². The molecular formula is C30H42O7. The number of carbonyl (C=O) groups is 5. The van der Waals surface area contributed by atoms with Gasteiger partial charge in [0.25, 0.3) is 0 Å². The third-order valence-electron chi connectivity index (χ3n) is 11.3. The van der Waals surface area contributed by atoms with E-state index in [1.165, 1.54) is 6.92 Å². The lowest BCUT2D eigenvalue weighted by atomic mass is 9.42. The number of ketones is 4. The number of carboxylic acid groups (broad SMARTS) is 1.